The molecule has 21 heavy (non-hydrogen) atoms. The predicted octanol–water partition coefficient (Wildman–Crippen LogP) is 2.92. The number of carboxylic acids is 1. The highest BCUT2D eigenvalue weighted by molar-refractivity contribution is 5.89. The Morgan fingerprint density at radius 2 is 2.05 bits per heavy atom. The molecule has 0 bridgehead atoms. The summed E-state index contributed by atoms with van der Waals surface area (Å²) in [6.07, 6.45) is 3.67. The first kappa shape index (κ1) is 13.6. The van der Waals surface area contributed by atoms with Crippen LogP contribution in [0.15, 0.2) is 36.4 Å². The maximum absolute atomic E-state index is 11.2. The van der Waals surface area contributed by atoms with Crippen LogP contribution in [0.5, 0.6) is 0 Å². The molecule has 3 rings (SSSR count). The third kappa shape index (κ3) is 3.05. The lowest BCUT2D eigenvalue weighted by Gasteiger charge is -2.17. The van der Waals surface area contributed by atoms with Gasteiger partial charge in [-0.2, -0.15) is 0 Å². The summed E-state index contributed by atoms with van der Waals surface area (Å²) in [5.41, 5.74) is 3.52. The number of fused-ring (bicyclic) bond motifs is 1. The molecule has 0 spiro atoms. The van der Waals surface area contributed by atoms with Crippen molar-refractivity contribution in [1.82, 2.24) is 4.98 Å². The lowest BCUT2D eigenvalue weighted by Crippen LogP contribution is -2.14. The number of rotatable bonds is 4. The monoisotopic (exact) mass is 282 g/mol. The molecule has 4 nitrogen and oxygen atoms in total. The van der Waals surface area contributed by atoms with Gasteiger partial charge in [0.05, 0.1) is 5.56 Å². The van der Waals surface area contributed by atoms with Crippen molar-refractivity contribution in [3.8, 4) is 0 Å². The number of nitrogens with one attached hydrogen (secondary N) is 1. The highest BCUT2D eigenvalue weighted by atomic mass is 16.4. The molecule has 108 valence electrons. The first-order valence-electron chi connectivity index (χ1n) is 7.28. The number of aryl methyl sites for hydroxylation is 3. The SMILES string of the molecule is O=C(O)c1ccccc1CCc1ccc2c(n1)NCCC2. The van der Waals surface area contributed by atoms with Gasteiger partial charge in [0.15, 0.2) is 0 Å². The second-order valence-electron chi connectivity index (χ2n) is 5.30. The molecule has 2 N–H and O–H groups in total. The van der Waals surface area contributed by atoms with Crippen LogP contribution in [0.25, 0.3) is 0 Å². The molecule has 0 saturated heterocycles. The number of aromatic carboxylic acids is 1. The number of aromatic nitrogens is 1. The molecule has 1 aromatic heterocycles. The minimum atomic E-state index is -0.870. The normalized spacial score (nSPS) is 13.3. The number of carbonyl (C=O) groups is 1. The van der Waals surface area contributed by atoms with Gasteiger partial charge in [-0.15, -0.1) is 0 Å². The number of pyridine rings is 1. The van der Waals surface area contributed by atoms with Crippen LogP contribution < -0.4 is 5.32 Å². The summed E-state index contributed by atoms with van der Waals surface area (Å²) in [7, 11) is 0. The van der Waals surface area contributed by atoms with Gasteiger partial charge < -0.3 is 10.4 Å². The van der Waals surface area contributed by atoms with E-state index >= 15 is 0 Å². The minimum absolute atomic E-state index is 0.383. The average Bonchev–Trinajstić information content (AvgIpc) is 2.53. The summed E-state index contributed by atoms with van der Waals surface area (Å²) in [5, 5.41) is 12.5. The summed E-state index contributed by atoms with van der Waals surface area (Å²) in [4.78, 5) is 15.8. The maximum atomic E-state index is 11.2. The summed E-state index contributed by atoms with van der Waals surface area (Å²) in [5.74, 6) is 0.121. The van der Waals surface area contributed by atoms with E-state index in [9.17, 15) is 9.90 Å². The van der Waals surface area contributed by atoms with E-state index in [0.717, 1.165) is 42.9 Å². The van der Waals surface area contributed by atoms with Crippen molar-refractivity contribution in [3.63, 3.8) is 0 Å². The van der Waals surface area contributed by atoms with Crippen molar-refractivity contribution >= 4 is 11.8 Å². The van der Waals surface area contributed by atoms with Gasteiger partial charge in [0.1, 0.15) is 5.82 Å². The van der Waals surface area contributed by atoms with Crippen LogP contribution >= 0.6 is 0 Å². The van der Waals surface area contributed by atoms with Gasteiger partial charge in [0.25, 0.3) is 0 Å². The van der Waals surface area contributed by atoms with Crippen LogP contribution in [0.4, 0.5) is 5.82 Å². The average molecular weight is 282 g/mol. The summed E-state index contributed by atoms with van der Waals surface area (Å²) >= 11 is 0. The van der Waals surface area contributed by atoms with Gasteiger partial charge in [-0.3, -0.25) is 0 Å². The van der Waals surface area contributed by atoms with E-state index in [1.54, 1.807) is 12.1 Å². The van der Waals surface area contributed by atoms with Crippen LogP contribution in [0, 0.1) is 0 Å². The highest BCUT2D eigenvalue weighted by Gasteiger charge is 2.12. The number of carboxylic acid groups (broad SMARTS) is 1. The Morgan fingerprint density at radius 1 is 1.19 bits per heavy atom. The first-order valence-corrected chi connectivity index (χ1v) is 7.28. The molecule has 0 radical (unpaired) electrons. The van der Waals surface area contributed by atoms with E-state index in [-0.39, 0.29) is 0 Å². The Hall–Kier alpha value is -2.36. The quantitative estimate of drug-likeness (QED) is 0.905. The molecule has 1 aliphatic heterocycles. The molecule has 0 amide bonds. The minimum Gasteiger partial charge on any atom is -0.478 e. The Kier molecular flexibility index (Phi) is 3.86. The zero-order chi connectivity index (χ0) is 14.7. The molecule has 0 saturated carbocycles. The van der Waals surface area contributed by atoms with E-state index in [2.05, 4.69) is 22.4 Å². The van der Waals surface area contributed by atoms with Gasteiger partial charge in [-0.25, -0.2) is 9.78 Å². The predicted molar refractivity (Wildman–Crippen MR) is 81.9 cm³/mol. The number of anilines is 1. The molecule has 0 atom stereocenters. The van der Waals surface area contributed by atoms with Crippen LogP contribution in [0.3, 0.4) is 0 Å². The molecular weight excluding hydrogens is 264 g/mol. The number of benzene rings is 1. The molecule has 0 fully saturated rings. The molecular formula is C17H18N2O2. The maximum Gasteiger partial charge on any atom is 0.335 e. The zero-order valence-corrected chi connectivity index (χ0v) is 11.8. The van der Waals surface area contributed by atoms with Crippen molar-refractivity contribution in [2.24, 2.45) is 0 Å². The molecule has 2 heterocycles. The fraction of sp³-hybridized carbons (Fsp3) is 0.294. The lowest BCUT2D eigenvalue weighted by molar-refractivity contribution is 0.0695. The molecule has 0 unspecified atom stereocenters. The van der Waals surface area contributed by atoms with Gasteiger partial charge in [-0.1, -0.05) is 24.3 Å². The van der Waals surface area contributed by atoms with Crippen molar-refractivity contribution in [3.05, 3.63) is 58.8 Å². The Labute approximate surface area is 123 Å². The third-order valence-electron chi connectivity index (χ3n) is 3.85. The van der Waals surface area contributed by atoms with Crippen molar-refractivity contribution < 1.29 is 9.90 Å². The fourth-order valence-corrected chi connectivity index (χ4v) is 2.72. The van der Waals surface area contributed by atoms with Gasteiger partial charge in [-0.05, 0) is 48.9 Å². The smallest absolute Gasteiger partial charge is 0.335 e. The number of nitrogens with zero attached hydrogens (tertiary/aromatic N) is 1. The molecule has 2 aromatic rings. The Balaban J connectivity index is 1.75. The lowest BCUT2D eigenvalue weighted by atomic mass is 10.0. The molecule has 1 aromatic carbocycles. The van der Waals surface area contributed by atoms with Crippen LogP contribution in [-0.2, 0) is 19.3 Å². The highest BCUT2D eigenvalue weighted by Crippen LogP contribution is 2.20. The van der Waals surface area contributed by atoms with E-state index in [1.807, 2.05) is 12.1 Å². The largest absolute Gasteiger partial charge is 0.478 e. The van der Waals surface area contributed by atoms with Gasteiger partial charge >= 0.3 is 5.97 Å². The molecule has 1 aliphatic rings. The van der Waals surface area contributed by atoms with E-state index in [4.69, 9.17) is 0 Å². The van der Waals surface area contributed by atoms with Crippen molar-refractivity contribution in [2.45, 2.75) is 25.7 Å². The first-order chi connectivity index (χ1) is 10.2. The summed E-state index contributed by atoms with van der Waals surface area (Å²) in [6, 6.07) is 11.3. The van der Waals surface area contributed by atoms with E-state index in [0.29, 0.717) is 12.0 Å². The molecule has 4 heteroatoms. The Bertz CT molecular complexity index is 668. The number of hydrogen-bond donors (Lipinski definition) is 2. The van der Waals surface area contributed by atoms with Gasteiger partial charge in [0, 0.05) is 12.2 Å². The van der Waals surface area contributed by atoms with Crippen LogP contribution in [0.2, 0.25) is 0 Å². The van der Waals surface area contributed by atoms with Crippen LogP contribution in [-0.4, -0.2) is 22.6 Å². The summed E-state index contributed by atoms with van der Waals surface area (Å²) in [6.45, 7) is 0.977. The van der Waals surface area contributed by atoms with E-state index < -0.39 is 5.97 Å². The zero-order valence-electron chi connectivity index (χ0n) is 11.8. The van der Waals surface area contributed by atoms with Crippen LogP contribution in [0.1, 0.15) is 33.6 Å². The second kappa shape index (κ2) is 5.95. The topological polar surface area (TPSA) is 62.2 Å². The van der Waals surface area contributed by atoms with Crippen molar-refractivity contribution in [2.75, 3.05) is 11.9 Å². The summed E-state index contributed by atoms with van der Waals surface area (Å²) < 4.78 is 0. The second-order valence-corrected chi connectivity index (χ2v) is 5.30. The Morgan fingerprint density at radius 3 is 2.90 bits per heavy atom. The fourth-order valence-electron chi connectivity index (χ4n) is 2.72. The molecule has 0 aliphatic carbocycles. The van der Waals surface area contributed by atoms with E-state index in [1.165, 1.54) is 5.56 Å². The number of hydrogen-bond acceptors (Lipinski definition) is 3. The third-order valence-corrected chi connectivity index (χ3v) is 3.85. The van der Waals surface area contributed by atoms with Crippen molar-refractivity contribution in [1.29, 1.82) is 0 Å². The van der Waals surface area contributed by atoms with Gasteiger partial charge in [0.2, 0.25) is 0 Å². The standard InChI is InChI=1S/C17H18N2O2/c20-17(21)15-6-2-1-4-12(15)7-9-14-10-8-13-5-3-11-18-16(13)19-14/h1-2,4,6,8,10H,3,5,7,9,11H2,(H,18,19)(H,20,21).